The Morgan fingerprint density at radius 3 is 2.47 bits per heavy atom. The zero-order valence-electron chi connectivity index (χ0n) is 10.2. The van der Waals surface area contributed by atoms with E-state index in [1.165, 1.54) is 30.5 Å². The van der Waals surface area contributed by atoms with E-state index in [-0.39, 0.29) is 0 Å². The Bertz CT molecular complexity index is 280. The van der Waals surface area contributed by atoms with Gasteiger partial charge < -0.3 is 5.32 Å². The molecule has 0 heterocycles. The first-order chi connectivity index (χ1) is 7.31. The van der Waals surface area contributed by atoms with Gasteiger partial charge in [-0.3, -0.25) is 0 Å². The Morgan fingerprint density at radius 2 is 1.87 bits per heavy atom. The van der Waals surface area contributed by atoms with Gasteiger partial charge in [-0.2, -0.15) is 0 Å². The van der Waals surface area contributed by atoms with Crippen molar-refractivity contribution < 1.29 is 0 Å². The zero-order valence-corrected chi connectivity index (χ0v) is 10.2. The predicted octanol–water partition coefficient (Wildman–Crippen LogP) is 4.24. The van der Waals surface area contributed by atoms with E-state index in [1.54, 1.807) is 0 Å². The second-order valence-electron chi connectivity index (χ2n) is 4.05. The molecular weight excluding hydrogens is 182 g/mol. The van der Waals surface area contributed by atoms with Gasteiger partial charge in [0, 0.05) is 11.7 Å². The molecule has 0 aromatic heterocycles. The summed E-state index contributed by atoms with van der Waals surface area (Å²) in [5, 5.41) is 3.65. The van der Waals surface area contributed by atoms with Crippen LogP contribution in [0.5, 0.6) is 0 Å². The van der Waals surface area contributed by atoms with E-state index < -0.39 is 0 Å². The third-order valence-corrected chi connectivity index (χ3v) is 2.89. The van der Waals surface area contributed by atoms with Crippen LogP contribution >= 0.6 is 0 Å². The first kappa shape index (κ1) is 12.1. The van der Waals surface area contributed by atoms with Crippen LogP contribution in [0.1, 0.15) is 45.6 Å². The molecule has 1 aromatic carbocycles. The molecule has 1 aromatic rings. The second kappa shape index (κ2) is 6.49. The molecular formula is C14H23N. The maximum atomic E-state index is 3.65. The summed E-state index contributed by atoms with van der Waals surface area (Å²) in [6.45, 7) is 6.71. The molecule has 84 valence electrons. The molecule has 0 saturated heterocycles. The average molecular weight is 205 g/mol. The minimum atomic E-state index is 0.628. The van der Waals surface area contributed by atoms with Crippen molar-refractivity contribution in [1.82, 2.24) is 0 Å². The van der Waals surface area contributed by atoms with Crippen molar-refractivity contribution in [3.8, 4) is 0 Å². The smallest absolute Gasteiger partial charge is 0.0374 e. The summed E-state index contributed by atoms with van der Waals surface area (Å²) >= 11 is 0. The third kappa shape index (κ3) is 3.58. The highest BCUT2D eigenvalue weighted by molar-refractivity contribution is 5.51. The number of aryl methyl sites for hydroxylation is 1. The van der Waals surface area contributed by atoms with Crippen LogP contribution in [-0.4, -0.2) is 6.04 Å². The summed E-state index contributed by atoms with van der Waals surface area (Å²) in [4.78, 5) is 0. The lowest BCUT2D eigenvalue weighted by atomic mass is 10.1. The molecule has 0 saturated carbocycles. The number of rotatable bonds is 6. The molecule has 0 fully saturated rings. The lowest BCUT2D eigenvalue weighted by Gasteiger charge is -2.19. The van der Waals surface area contributed by atoms with Crippen molar-refractivity contribution in [2.45, 2.75) is 52.5 Å². The quantitative estimate of drug-likeness (QED) is 0.732. The summed E-state index contributed by atoms with van der Waals surface area (Å²) in [5.74, 6) is 0. The summed E-state index contributed by atoms with van der Waals surface area (Å²) in [6.07, 6.45) is 4.81. The van der Waals surface area contributed by atoms with Crippen LogP contribution in [0.15, 0.2) is 24.3 Å². The maximum Gasteiger partial charge on any atom is 0.0374 e. The zero-order chi connectivity index (χ0) is 11.1. The van der Waals surface area contributed by atoms with Gasteiger partial charge in [0.25, 0.3) is 0 Å². The highest BCUT2D eigenvalue weighted by Gasteiger charge is 2.06. The fourth-order valence-electron chi connectivity index (χ4n) is 1.92. The highest BCUT2D eigenvalue weighted by Crippen LogP contribution is 2.18. The summed E-state index contributed by atoms with van der Waals surface area (Å²) in [6, 6.07) is 9.26. The van der Waals surface area contributed by atoms with Crippen LogP contribution in [0.25, 0.3) is 0 Å². The molecule has 0 spiro atoms. The summed E-state index contributed by atoms with van der Waals surface area (Å²) in [7, 11) is 0. The van der Waals surface area contributed by atoms with Crippen LogP contribution in [0, 0.1) is 0 Å². The van der Waals surface area contributed by atoms with Gasteiger partial charge in [0.1, 0.15) is 0 Å². The molecule has 1 N–H and O–H groups in total. The average Bonchev–Trinajstić information content (AvgIpc) is 2.29. The molecule has 0 radical (unpaired) electrons. The molecule has 0 aliphatic rings. The molecule has 0 amide bonds. The molecule has 1 unspecified atom stereocenters. The fraction of sp³-hybridized carbons (Fsp3) is 0.571. The van der Waals surface area contributed by atoms with E-state index in [4.69, 9.17) is 0 Å². The third-order valence-electron chi connectivity index (χ3n) is 2.89. The van der Waals surface area contributed by atoms with Crippen LogP contribution < -0.4 is 5.32 Å². The van der Waals surface area contributed by atoms with Crippen molar-refractivity contribution in [1.29, 1.82) is 0 Å². The molecule has 0 aliphatic heterocycles. The van der Waals surface area contributed by atoms with E-state index in [2.05, 4.69) is 50.4 Å². The number of anilines is 1. The van der Waals surface area contributed by atoms with Crippen molar-refractivity contribution in [3.63, 3.8) is 0 Å². The maximum absolute atomic E-state index is 3.65. The van der Waals surface area contributed by atoms with Crippen molar-refractivity contribution in [3.05, 3.63) is 29.8 Å². The van der Waals surface area contributed by atoms with Crippen LogP contribution in [0.2, 0.25) is 0 Å². The van der Waals surface area contributed by atoms with E-state index in [0.717, 1.165) is 6.42 Å². The number of hydrogen-bond acceptors (Lipinski definition) is 1. The summed E-state index contributed by atoms with van der Waals surface area (Å²) < 4.78 is 0. The van der Waals surface area contributed by atoms with Gasteiger partial charge in [-0.05, 0) is 30.9 Å². The monoisotopic (exact) mass is 205 g/mol. The molecule has 15 heavy (non-hydrogen) atoms. The van der Waals surface area contributed by atoms with Crippen molar-refractivity contribution in [2.24, 2.45) is 0 Å². The summed E-state index contributed by atoms with van der Waals surface area (Å²) in [5.41, 5.74) is 2.74. The van der Waals surface area contributed by atoms with Crippen molar-refractivity contribution in [2.75, 3.05) is 5.32 Å². The Hall–Kier alpha value is -0.980. The SMILES string of the molecule is CCCC(CC)Nc1ccccc1CC. The Labute approximate surface area is 93.9 Å². The molecule has 1 nitrogen and oxygen atoms in total. The molecule has 0 bridgehead atoms. The number of para-hydroxylation sites is 1. The van der Waals surface area contributed by atoms with Gasteiger partial charge in [0.2, 0.25) is 0 Å². The topological polar surface area (TPSA) is 12.0 Å². The highest BCUT2D eigenvalue weighted by atomic mass is 14.9. The first-order valence-corrected chi connectivity index (χ1v) is 6.16. The Kier molecular flexibility index (Phi) is 5.23. The normalized spacial score (nSPS) is 12.5. The standard InChI is InChI=1S/C14H23N/c1-4-9-13(6-3)15-14-11-8-7-10-12(14)5-2/h7-8,10-11,13,15H,4-6,9H2,1-3H3. The molecule has 0 aliphatic carbocycles. The van der Waals surface area contributed by atoms with Gasteiger partial charge >= 0.3 is 0 Å². The van der Waals surface area contributed by atoms with Gasteiger partial charge in [-0.25, -0.2) is 0 Å². The first-order valence-electron chi connectivity index (χ1n) is 6.16. The number of benzene rings is 1. The minimum Gasteiger partial charge on any atom is -0.382 e. The lowest BCUT2D eigenvalue weighted by molar-refractivity contribution is 0.622. The molecule has 1 atom stereocenters. The van der Waals surface area contributed by atoms with E-state index >= 15 is 0 Å². The van der Waals surface area contributed by atoms with Gasteiger partial charge in [-0.15, -0.1) is 0 Å². The Morgan fingerprint density at radius 1 is 1.13 bits per heavy atom. The molecule has 1 heteroatoms. The lowest BCUT2D eigenvalue weighted by Crippen LogP contribution is -2.18. The van der Waals surface area contributed by atoms with E-state index in [9.17, 15) is 0 Å². The van der Waals surface area contributed by atoms with Crippen molar-refractivity contribution >= 4 is 5.69 Å². The minimum absolute atomic E-state index is 0.628. The predicted molar refractivity (Wildman–Crippen MR) is 68.4 cm³/mol. The number of nitrogens with one attached hydrogen (secondary N) is 1. The Balaban J connectivity index is 2.69. The van der Waals surface area contributed by atoms with Crippen LogP contribution in [-0.2, 0) is 6.42 Å². The van der Waals surface area contributed by atoms with Crippen LogP contribution in [0.4, 0.5) is 5.69 Å². The van der Waals surface area contributed by atoms with E-state index in [0.29, 0.717) is 6.04 Å². The largest absolute Gasteiger partial charge is 0.382 e. The fourth-order valence-corrected chi connectivity index (χ4v) is 1.92. The molecule has 1 rings (SSSR count). The number of hydrogen-bond donors (Lipinski definition) is 1. The van der Waals surface area contributed by atoms with E-state index in [1.807, 2.05) is 0 Å². The van der Waals surface area contributed by atoms with Gasteiger partial charge in [0.15, 0.2) is 0 Å². The second-order valence-corrected chi connectivity index (χ2v) is 4.05. The van der Waals surface area contributed by atoms with Crippen LogP contribution in [0.3, 0.4) is 0 Å². The van der Waals surface area contributed by atoms with Gasteiger partial charge in [-0.1, -0.05) is 45.4 Å². The van der Waals surface area contributed by atoms with Gasteiger partial charge in [0.05, 0.1) is 0 Å².